The first-order valence-electron chi connectivity index (χ1n) is 9.23. The Bertz CT molecular complexity index is 1140. The van der Waals surface area contributed by atoms with Crippen LogP contribution in [0, 0.1) is 0 Å². The molecular weight excluding hydrogens is 400 g/mol. The van der Waals surface area contributed by atoms with Crippen LogP contribution in [0.4, 0.5) is 0 Å². The topological polar surface area (TPSA) is 86.1 Å². The summed E-state index contributed by atoms with van der Waals surface area (Å²) in [6.45, 7) is -0.0493. The molecule has 1 N–H and O–H groups in total. The minimum Gasteiger partial charge on any atom is -0.460 e. The number of nitrogens with one attached hydrogen (secondary N) is 1. The number of carbonyl (C=O) groups is 2. The van der Waals surface area contributed by atoms with Gasteiger partial charge in [0.1, 0.15) is 23.9 Å². The number of esters is 1. The minimum absolute atomic E-state index is 0.168. The van der Waals surface area contributed by atoms with E-state index < -0.39 is 11.9 Å². The van der Waals surface area contributed by atoms with Gasteiger partial charge in [0.2, 0.25) is 0 Å². The SMILES string of the molecule is O=C(CNC(=O)c1csc(-c2cnn(-c3ccccc3)c2)n1)OCc1ccccc1. The number of amides is 1. The number of hydrogen-bond acceptors (Lipinski definition) is 6. The Balaban J connectivity index is 1.32. The predicted molar refractivity (Wildman–Crippen MR) is 113 cm³/mol. The second kappa shape index (κ2) is 9.15. The average Bonchev–Trinajstić information content (AvgIpc) is 3.47. The highest BCUT2D eigenvalue weighted by Crippen LogP contribution is 2.24. The highest BCUT2D eigenvalue weighted by Gasteiger charge is 2.14. The van der Waals surface area contributed by atoms with Crippen LogP contribution in [-0.4, -0.2) is 33.2 Å². The van der Waals surface area contributed by atoms with Crippen molar-refractivity contribution < 1.29 is 14.3 Å². The third-order valence-corrected chi connectivity index (χ3v) is 5.11. The number of carbonyl (C=O) groups excluding carboxylic acids is 2. The van der Waals surface area contributed by atoms with Crippen molar-refractivity contribution in [2.24, 2.45) is 0 Å². The molecule has 0 bridgehead atoms. The van der Waals surface area contributed by atoms with Crippen molar-refractivity contribution in [2.75, 3.05) is 6.54 Å². The normalized spacial score (nSPS) is 10.5. The summed E-state index contributed by atoms with van der Waals surface area (Å²) in [5.41, 5.74) is 2.88. The lowest BCUT2D eigenvalue weighted by Gasteiger charge is -2.05. The van der Waals surface area contributed by atoms with E-state index in [1.807, 2.05) is 66.9 Å². The van der Waals surface area contributed by atoms with Crippen molar-refractivity contribution in [3.05, 3.63) is 89.7 Å². The summed E-state index contributed by atoms with van der Waals surface area (Å²) in [6.07, 6.45) is 3.56. The molecule has 1 amide bonds. The first kappa shape index (κ1) is 19.5. The minimum atomic E-state index is -0.508. The monoisotopic (exact) mass is 418 g/mol. The van der Waals surface area contributed by atoms with E-state index in [9.17, 15) is 9.59 Å². The van der Waals surface area contributed by atoms with E-state index in [-0.39, 0.29) is 18.8 Å². The van der Waals surface area contributed by atoms with E-state index in [1.165, 1.54) is 11.3 Å². The van der Waals surface area contributed by atoms with Gasteiger partial charge in [-0.2, -0.15) is 5.10 Å². The number of thiazole rings is 1. The zero-order valence-corrected chi connectivity index (χ0v) is 16.7. The third-order valence-electron chi connectivity index (χ3n) is 4.22. The maximum atomic E-state index is 12.3. The van der Waals surface area contributed by atoms with E-state index in [0.717, 1.165) is 16.8 Å². The quantitative estimate of drug-likeness (QED) is 0.465. The van der Waals surface area contributed by atoms with Gasteiger partial charge in [0.25, 0.3) is 5.91 Å². The van der Waals surface area contributed by atoms with Crippen LogP contribution >= 0.6 is 11.3 Å². The molecule has 2 aromatic carbocycles. The Morgan fingerprint density at radius 1 is 1.03 bits per heavy atom. The van der Waals surface area contributed by atoms with E-state index >= 15 is 0 Å². The van der Waals surface area contributed by atoms with Crippen molar-refractivity contribution >= 4 is 23.2 Å². The maximum absolute atomic E-state index is 12.3. The molecule has 2 aromatic heterocycles. The molecule has 150 valence electrons. The van der Waals surface area contributed by atoms with Crippen LogP contribution in [0.2, 0.25) is 0 Å². The van der Waals surface area contributed by atoms with E-state index in [1.54, 1.807) is 16.3 Å². The second-order valence-corrected chi connectivity index (χ2v) is 7.23. The van der Waals surface area contributed by atoms with Crippen molar-refractivity contribution in [1.82, 2.24) is 20.1 Å². The highest BCUT2D eigenvalue weighted by molar-refractivity contribution is 7.13. The van der Waals surface area contributed by atoms with Gasteiger partial charge in [0, 0.05) is 17.1 Å². The van der Waals surface area contributed by atoms with Crippen LogP contribution in [0.15, 0.2) is 78.4 Å². The second-order valence-electron chi connectivity index (χ2n) is 6.38. The Morgan fingerprint density at radius 3 is 2.53 bits per heavy atom. The van der Waals surface area contributed by atoms with Gasteiger partial charge < -0.3 is 10.1 Å². The largest absolute Gasteiger partial charge is 0.460 e. The molecule has 7 nitrogen and oxygen atoms in total. The van der Waals surface area contributed by atoms with Crippen molar-refractivity contribution in [3.63, 3.8) is 0 Å². The zero-order chi connectivity index (χ0) is 20.8. The van der Waals surface area contributed by atoms with Gasteiger partial charge in [0.05, 0.1) is 11.9 Å². The molecule has 4 aromatic rings. The fourth-order valence-electron chi connectivity index (χ4n) is 2.70. The van der Waals surface area contributed by atoms with Crippen molar-refractivity contribution in [3.8, 4) is 16.3 Å². The molecule has 0 saturated heterocycles. The van der Waals surface area contributed by atoms with Crippen molar-refractivity contribution in [2.45, 2.75) is 6.61 Å². The fourth-order valence-corrected chi connectivity index (χ4v) is 3.47. The first-order valence-corrected chi connectivity index (χ1v) is 10.1. The third kappa shape index (κ3) is 4.79. The molecule has 8 heteroatoms. The molecule has 2 heterocycles. The standard InChI is InChI=1S/C22H18N4O3S/c27-20(29-14-16-7-3-1-4-8-16)12-23-21(28)19-15-30-22(25-19)17-11-24-26(13-17)18-9-5-2-6-10-18/h1-11,13,15H,12,14H2,(H,23,28). The summed E-state index contributed by atoms with van der Waals surface area (Å²) in [4.78, 5) is 28.5. The first-order chi connectivity index (χ1) is 14.7. The highest BCUT2D eigenvalue weighted by atomic mass is 32.1. The molecule has 0 aliphatic rings. The Hall–Kier alpha value is -3.78. The van der Waals surface area contributed by atoms with Gasteiger partial charge in [-0.1, -0.05) is 48.5 Å². The Labute approximate surface area is 177 Å². The number of nitrogens with zero attached hydrogens (tertiary/aromatic N) is 3. The van der Waals surface area contributed by atoms with Gasteiger partial charge >= 0.3 is 5.97 Å². The summed E-state index contributed by atoms with van der Waals surface area (Å²) >= 11 is 1.34. The van der Waals surface area contributed by atoms with Crippen LogP contribution in [0.3, 0.4) is 0 Å². The average molecular weight is 418 g/mol. The summed E-state index contributed by atoms with van der Waals surface area (Å²) in [6, 6.07) is 19.1. The molecule has 4 rings (SSSR count). The van der Waals surface area contributed by atoms with E-state index in [0.29, 0.717) is 5.01 Å². The van der Waals surface area contributed by atoms with Crippen LogP contribution in [0.25, 0.3) is 16.3 Å². The number of para-hydroxylation sites is 1. The predicted octanol–water partition coefficient (Wildman–Crippen LogP) is 3.47. The molecule has 0 radical (unpaired) electrons. The summed E-state index contributed by atoms with van der Waals surface area (Å²) in [5, 5.41) is 9.21. The Kier molecular flexibility index (Phi) is 5.95. The molecule has 30 heavy (non-hydrogen) atoms. The van der Waals surface area contributed by atoms with Crippen LogP contribution in [-0.2, 0) is 16.1 Å². The van der Waals surface area contributed by atoms with Crippen LogP contribution < -0.4 is 5.32 Å². The summed E-state index contributed by atoms with van der Waals surface area (Å²) in [5.74, 6) is -0.934. The molecule has 0 spiro atoms. The molecule has 0 atom stereocenters. The molecule has 0 unspecified atom stereocenters. The number of hydrogen-bond donors (Lipinski definition) is 1. The van der Waals surface area contributed by atoms with Crippen molar-refractivity contribution in [1.29, 1.82) is 0 Å². The maximum Gasteiger partial charge on any atom is 0.325 e. The zero-order valence-electron chi connectivity index (χ0n) is 15.9. The summed E-state index contributed by atoms with van der Waals surface area (Å²) < 4.78 is 6.90. The van der Waals surface area contributed by atoms with Gasteiger partial charge in [-0.3, -0.25) is 9.59 Å². The van der Waals surface area contributed by atoms with Gasteiger partial charge in [-0.25, -0.2) is 9.67 Å². The smallest absolute Gasteiger partial charge is 0.325 e. The molecule has 0 fully saturated rings. The number of aromatic nitrogens is 3. The van der Waals surface area contributed by atoms with Crippen LogP contribution in [0.1, 0.15) is 16.1 Å². The van der Waals surface area contributed by atoms with Crippen LogP contribution in [0.5, 0.6) is 0 Å². The van der Waals surface area contributed by atoms with E-state index in [4.69, 9.17) is 4.74 Å². The molecule has 0 aliphatic heterocycles. The molecule has 0 saturated carbocycles. The lowest BCUT2D eigenvalue weighted by molar-refractivity contribution is -0.143. The summed E-state index contributed by atoms with van der Waals surface area (Å²) in [7, 11) is 0. The van der Waals surface area contributed by atoms with E-state index in [2.05, 4.69) is 15.4 Å². The molecule has 0 aliphatic carbocycles. The number of rotatable bonds is 7. The Morgan fingerprint density at radius 2 is 1.77 bits per heavy atom. The fraction of sp³-hybridized carbons (Fsp3) is 0.0909. The van der Waals surface area contributed by atoms with Gasteiger partial charge in [-0.15, -0.1) is 11.3 Å². The number of ether oxygens (including phenoxy) is 1. The van der Waals surface area contributed by atoms with Gasteiger partial charge in [-0.05, 0) is 17.7 Å². The number of benzene rings is 2. The lowest BCUT2D eigenvalue weighted by atomic mass is 10.2. The molecular formula is C22H18N4O3S. The van der Waals surface area contributed by atoms with Gasteiger partial charge in [0.15, 0.2) is 0 Å². The lowest BCUT2D eigenvalue weighted by Crippen LogP contribution is -2.30.